The molecule has 0 aromatic heterocycles. The van der Waals surface area contributed by atoms with Crippen molar-refractivity contribution in [2.75, 3.05) is 57.8 Å². The Kier molecular flexibility index (Phi) is 5.64. The van der Waals surface area contributed by atoms with Crippen LogP contribution < -0.4 is 4.90 Å². The van der Waals surface area contributed by atoms with Crippen LogP contribution in [0, 0.1) is 5.41 Å². The first-order chi connectivity index (χ1) is 12.1. The Bertz CT molecular complexity index is 575. The highest BCUT2D eigenvalue weighted by Crippen LogP contribution is 2.33. The summed E-state index contributed by atoms with van der Waals surface area (Å²) < 4.78 is 0. The number of likely N-dealkylation sites (tertiary alicyclic amines) is 1. The van der Waals surface area contributed by atoms with Crippen molar-refractivity contribution in [2.45, 2.75) is 26.2 Å². The number of nitrogens with zero attached hydrogens (tertiary/aromatic N) is 3. The van der Waals surface area contributed by atoms with Crippen LogP contribution in [0.1, 0.15) is 36.5 Å². The Balaban J connectivity index is 1.66. The van der Waals surface area contributed by atoms with Gasteiger partial charge in [-0.25, -0.2) is 0 Å². The molecule has 0 spiro atoms. The van der Waals surface area contributed by atoms with Crippen LogP contribution in [0.25, 0.3) is 0 Å². The minimum Gasteiger partial charge on any atom is -0.396 e. The second-order valence-corrected chi connectivity index (χ2v) is 7.68. The zero-order valence-electron chi connectivity index (χ0n) is 15.6. The quantitative estimate of drug-likeness (QED) is 0.907. The zero-order valence-corrected chi connectivity index (χ0v) is 15.6. The second kappa shape index (κ2) is 7.75. The molecule has 1 aromatic carbocycles. The summed E-state index contributed by atoms with van der Waals surface area (Å²) >= 11 is 0. The van der Waals surface area contributed by atoms with Crippen molar-refractivity contribution < 1.29 is 9.90 Å². The Morgan fingerprint density at radius 3 is 2.40 bits per heavy atom. The van der Waals surface area contributed by atoms with Gasteiger partial charge in [-0.3, -0.25) is 4.79 Å². The fraction of sp³-hybridized carbons (Fsp3) is 0.650. The predicted octanol–water partition coefficient (Wildman–Crippen LogP) is 2.06. The molecule has 25 heavy (non-hydrogen) atoms. The molecule has 2 aliphatic heterocycles. The monoisotopic (exact) mass is 345 g/mol. The third-order valence-corrected chi connectivity index (χ3v) is 6.02. The molecule has 5 nitrogen and oxygen atoms in total. The Morgan fingerprint density at radius 1 is 1.12 bits per heavy atom. The topological polar surface area (TPSA) is 47.0 Å². The number of amides is 1. The number of anilines is 1. The standard InChI is InChI=1S/C20H31N3O2/c1-3-20(16-24)9-4-10-23(15-20)19(25)17-5-7-18(8-6-17)22-13-11-21(2)12-14-22/h5-8,24H,3-4,9-16H2,1-2H3/t20-/m1/s1. The van der Waals surface area contributed by atoms with E-state index in [2.05, 4.69) is 35.9 Å². The first-order valence-corrected chi connectivity index (χ1v) is 9.50. The third kappa shape index (κ3) is 3.98. The van der Waals surface area contributed by atoms with Crippen molar-refractivity contribution in [3.05, 3.63) is 29.8 Å². The number of piperazine rings is 1. The number of piperidine rings is 1. The Labute approximate surface area is 151 Å². The van der Waals surface area contributed by atoms with E-state index >= 15 is 0 Å². The second-order valence-electron chi connectivity index (χ2n) is 7.68. The van der Waals surface area contributed by atoms with Crippen LogP contribution in [-0.4, -0.2) is 73.7 Å². The van der Waals surface area contributed by atoms with E-state index in [4.69, 9.17) is 0 Å². The van der Waals surface area contributed by atoms with Gasteiger partial charge < -0.3 is 19.8 Å². The maximum absolute atomic E-state index is 12.9. The highest BCUT2D eigenvalue weighted by molar-refractivity contribution is 5.94. The average Bonchev–Trinajstić information content (AvgIpc) is 2.68. The van der Waals surface area contributed by atoms with E-state index < -0.39 is 0 Å². The summed E-state index contributed by atoms with van der Waals surface area (Å²) in [5, 5.41) is 9.76. The molecule has 2 aliphatic rings. The largest absolute Gasteiger partial charge is 0.396 e. The van der Waals surface area contributed by atoms with Crippen LogP contribution in [-0.2, 0) is 0 Å². The number of hydrogen-bond donors (Lipinski definition) is 1. The number of hydrogen-bond acceptors (Lipinski definition) is 4. The van der Waals surface area contributed by atoms with Crippen molar-refractivity contribution in [2.24, 2.45) is 5.41 Å². The van der Waals surface area contributed by atoms with Gasteiger partial charge in [0.2, 0.25) is 0 Å². The number of aliphatic hydroxyl groups excluding tert-OH is 1. The van der Waals surface area contributed by atoms with Gasteiger partial charge in [-0.05, 0) is 50.6 Å². The molecule has 2 heterocycles. The van der Waals surface area contributed by atoms with Crippen LogP contribution in [0.2, 0.25) is 0 Å². The highest BCUT2D eigenvalue weighted by Gasteiger charge is 2.35. The lowest BCUT2D eigenvalue weighted by Gasteiger charge is -2.41. The molecule has 0 saturated carbocycles. The van der Waals surface area contributed by atoms with Crippen LogP contribution in [0.3, 0.4) is 0 Å². The molecule has 1 N–H and O–H groups in total. The molecule has 0 bridgehead atoms. The molecule has 1 aromatic rings. The maximum Gasteiger partial charge on any atom is 0.253 e. The summed E-state index contributed by atoms with van der Waals surface area (Å²) in [7, 11) is 2.15. The normalized spacial score (nSPS) is 25.2. The summed E-state index contributed by atoms with van der Waals surface area (Å²) in [6.45, 7) is 7.95. The molecule has 0 unspecified atom stereocenters. The maximum atomic E-state index is 12.9. The highest BCUT2D eigenvalue weighted by atomic mass is 16.3. The van der Waals surface area contributed by atoms with Gasteiger partial charge in [0.05, 0.1) is 6.61 Å². The fourth-order valence-electron chi connectivity index (χ4n) is 3.97. The number of carbonyl (C=O) groups is 1. The van der Waals surface area contributed by atoms with Crippen LogP contribution >= 0.6 is 0 Å². The number of aliphatic hydroxyl groups is 1. The predicted molar refractivity (Wildman–Crippen MR) is 101 cm³/mol. The fourth-order valence-corrected chi connectivity index (χ4v) is 3.97. The van der Waals surface area contributed by atoms with E-state index in [0.717, 1.165) is 57.5 Å². The summed E-state index contributed by atoms with van der Waals surface area (Å²) in [4.78, 5) is 19.5. The number of carbonyl (C=O) groups excluding carboxylic acids is 1. The minimum absolute atomic E-state index is 0.0934. The van der Waals surface area contributed by atoms with Crippen molar-refractivity contribution >= 4 is 11.6 Å². The number of likely N-dealkylation sites (N-methyl/N-ethyl adjacent to an activating group) is 1. The lowest BCUT2D eigenvalue weighted by molar-refractivity contribution is 0.0252. The molecule has 0 aliphatic carbocycles. The number of benzene rings is 1. The van der Waals surface area contributed by atoms with Gasteiger partial charge in [-0.15, -0.1) is 0 Å². The molecule has 3 rings (SSSR count). The molecular formula is C20H31N3O2. The van der Waals surface area contributed by atoms with Gasteiger partial charge in [0.1, 0.15) is 0 Å². The van der Waals surface area contributed by atoms with Crippen molar-refractivity contribution in [1.29, 1.82) is 0 Å². The van der Waals surface area contributed by atoms with Crippen LogP contribution in [0.4, 0.5) is 5.69 Å². The van der Waals surface area contributed by atoms with E-state index in [1.165, 1.54) is 5.69 Å². The van der Waals surface area contributed by atoms with Gasteiger partial charge in [0.25, 0.3) is 5.91 Å². The van der Waals surface area contributed by atoms with Gasteiger partial charge >= 0.3 is 0 Å². The molecule has 2 fully saturated rings. The lowest BCUT2D eigenvalue weighted by atomic mass is 9.78. The minimum atomic E-state index is -0.117. The zero-order chi connectivity index (χ0) is 17.9. The summed E-state index contributed by atoms with van der Waals surface area (Å²) in [5.74, 6) is 0.0934. The van der Waals surface area contributed by atoms with E-state index in [9.17, 15) is 9.90 Å². The number of rotatable bonds is 4. The van der Waals surface area contributed by atoms with Crippen molar-refractivity contribution in [3.63, 3.8) is 0 Å². The van der Waals surface area contributed by atoms with Crippen LogP contribution in [0.5, 0.6) is 0 Å². The molecule has 0 radical (unpaired) electrons. The van der Waals surface area contributed by atoms with Crippen molar-refractivity contribution in [3.8, 4) is 0 Å². The molecule has 2 saturated heterocycles. The Morgan fingerprint density at radius 2 is 1.80 bits per heavy atom. The van der Waals surface area contributed by atoms with Gasteiger partial charge in [-0.1, -0.05) is 6.92 Å². The summed E-state index contributed by atoms with van der Waals surface area (Å²) in [5.41, 5.74) is 1.83. The van der Waals surface area contributed by atoms with E-state index in [-0.39, 0.29) is 17.9 Å². The molecule has 138 valence electrons. The smallest absolute Gasteiger partial charge is 0.253 e. The first-order valence-electron chi connectivity index (χ1n) is 9.50. The molecular weight excluding hydrogens is 314 g/mol. The van der Waals surface area contributed by atoms with Crippen LogP contribution in [0.15, 0.2) is 24.3 Å². The SMILES string of the molecule is CC[C@@]1(CO)CCCN(C(=O)c2ccc(N3CCN(C)CC3)cc2)C1. The molecule has 1 atom stereocenters. The van der Waals surface area contributed by atoms with Crippen molar-refractivity contribution in [1.82, 2.24) is 9.80 Å². The molecule has 5 heteroatoms. The van der Waals surface area contributed by atoms with E-state index in [1.54, 1.807) is 0 Å². The van der Waals surface area contributed by atoms with Gasteiger partial charge in [-0.2, -0.15) is 0 Å². The first kappa shape index (κ1) is 18.2. The van der Waals surface area contributed by atoms with Gasteiger partial charge in [0.15, 0.2) is 0 Å². The lowest BCUT2D eigenvalue weighted by Crippen LogP contribution is -2.47. The van der Waals surface area contributed by atoms with Gasteiger partial charge in [0, 0.05) is 55.9 Å². The molecule has 1 amide bonds. The average molecular weight is 345 g/mol. The van der Waals surface area contributed by atoms with E-state index in [0.29, 0.717) is 6.54 Å². The van der Waals surface area contributed by atoms with E-state index in [1.807, 2.05) is 17.0 Å². The summed E-state index contributed by atoms with van der Waals surface area (Å²) in [6, 6.07) is 8.05. The summed E-state index contributed by atoms with van der Waals surface area (Å²) in [6.07, 6.45) is 2.89. The third-order valence-electron chi connectivity index (χ3n) is 6.02. The Hall–Kier alpha value is -1.59.